The molecular weight excluding hydrogens is 200 g/mol. The third-order valence-corrected chi connectivity index (χ3v) is 3.42. The first kappa shape index (κ1) is 13.9. The van der Waals surface area contributed by atoms with E-state index in [2.05, 4.69) is 38.0 Å². The molecule has 96 valence electrons. The van der Waals surface area contributed by atoms with E-state index in [4.69, 9.17) is 4.74 Å². The second kappa shape index (κ2) is 7.25. The lowest BCUT2D eigenvalue weighted by molar-refractivity contribution is 0.00531. The van der Waals surface area contributed by atoms with Gasteiger partial charge in [-0.15, -0.1) is 0 Å². The van der Waals surface area contributed by atoms with Crippen LogP contribution in [0.3, 0.4) is 0 Å². The Bertz CT molecular complexity index is 183. The van der Waals surface area contributed by atoms with E-state index >= 15 is 0 Å². The molecule has 0 aromatic heterocycles. The molecule has 0 bridgehead atoms. The number of nitrogens with zero attached hydrogens (tertiary/aromatic N) is 1. The van der Waals surface area contributed by atoms with E-state index in [1.165, 1.54) is 13.0 Å². The van der Waals surface area contributed by atoms with Crippen molar-refractivity contribution in [2.24, 2.45) is 5.92 Å². The molecule has 0 aromatic carbocycles. The van der Waals surface area contributed by atoms with Gasteiger partial charge < -0.3 is 10.1 Å². The van der Waals surface area contributed by atoms with Gasteiger partial charge in [0.2, 0.25) is 0 Å². The van der Waals surface area contributed by atoms with Crippen LogP contribution in [0, 0.1) is 5.92 Å². The molecule has 0 amide bonds. The van der Waals surface area contributed by atoms with Crippen molar-refractivity contribution in [3.63, 3.8) is 0 Å². The molecule has 1 aliphatic rings. The summed E-state index contributed by atoms with van der Waals surface area (Å²) in [5, 5.41) is 3.58. The summed E-state index contributed by atoms with van der Waals surface area (Å²) in [6.07, 6.45) is 2.41. The van der Waals surface area contributed by atoms with Gasteiger partial charge in [-0.25, -0.2) is 0 Å². The summed E-state index contributed by atoms with van der Waals surface area (Å²) in [5.41, 5.74) is 0. The normalized spacial score (nSPS) is 26.6. The van der Waals surface area contributed by atoms with Crippen LogP contribution >= 0.6 is 0 Å². The Morgan fingerprint density at radius 1 is 1.44 bits per heavy atom. The highest BCUT2D eigenvalue weighted by Gasteiger charge is 2.27. The molecule has 0 radical (unpaired) electrons. The van der Waals surface area contributed by atoms with Crippen LogP contribution in [0.2, 0.25) is 0 Å². The highest BCUT2D eigenvalue weighted by atomic mass is 16.5. The number of rotatable bonds is 6. The summed E-state index contributed by atoms with van der Waals surface area (Å²) in [4.78, 5) is 2.46. The molecule has 1 fully saturated rings. The predicted molar refractivity (Wildman–Crippen MR) is 68.8 cm³/mol. The van der Waals surface area contributed by atoms with Crippen molar-refractivity contribution >= 4 is 0 Å². The highest BCUT2D eigenvalue weighted by Crippen LogP contribution is 2.14. The third-order valence-electron chi connectivity index (χ3n) is 3.42. The summed E-state index contributed by atoms with van der Waals surface area (Å²) in [7, 11) is 2.23. The summed E-state index contributed by atoms with van der Waals surface area (Å²) in [6, 6.07) is 1.16. The second-order valence-corrected chi connectivity index (χ2v) is 5.26. The van der Waals surface area contributed by atoms with Gasteiger partial charge >= 0.3 is 0 Å². The molecule has 0 aromatic rings. The molecule has 1 heterocycles. The van der Waals surface area contributed by atoms with Gasteiger partial charge in [-0.3, -0.25) is 4.90 Å². The molecule has 2 atom stereocenters. The van der Waals surface area contributed by atoms with Gasteiger partial charge in [0, 0.05) is 18.7 Å². The van der Waals surface area contributed by atoms with Crippen LogP contribution in [-0.4, -0.2) is 50.3 Å². The topological polar surface area (TPSA) is 24.5 Å². The van der Waals surface area contributed by atoms with Crippen molar-refractivity contribution in [1.82, 2.24) is 10.2 Å². The van der Waals surface area contributed by atoms with Gasteiger partial charge in [0.15, 0.2) is 0 Å². The Hall–Kier alpha value is -0.120. The minimum absolute atomic E-state index is 0.549. The van der Waals surface area contributed by atoms with Crippen molar-refractivity contribution in [3.8, 4) is 0 Å². The Morgan fingerprint density at radius 2 is 2.19 bits per heavy atom. The van der Waals surface area contributed by atoms with Crippen molar-refractivity contribution in [3.05, 3.63) is 0 Å². The van der Waals surface area contributed by atoms with Gasteiger partial charge in [-0.1, -0.05) is 20.8 Å². The zero-order valence-electron chi connectivity index (χ0n) is 11.3. The molecule has 1 N–H and O–H groups in total. The molecular formula is C13H28N2O. The van der Waals surface area contributed by atoms with Gasteiger partial charge in [-0.2, -0.15) is 0 Å². The molecule has 0 saturated carbocycles. The van der Waals surface area contributed by atoms with E-state index in [9.17, 15) is 0 Å². The third kappa shape index (κ3) is 4.40. The number of likely N-dealkylation sites (N-methyl/N-ethyl adjacent to an activating group) is 2. The molecule has 0 spiro atoms. The van der Waals surface area contributed by atoms with E-state index in [0.717, 1.165) is 32.1 Å². The first-order valence-electron chi connectivity index (χ1n) is 6.66. The minimum Gasteiger partial charge on any atom is -0.380 e. The number of nitrogens with one attached hydrogen (secondary N) is 1. The Morgan fingerprint density at radius 3 is 2.81 bits per heavy atom. The lowest BCUT2D eigenvalue weighted by Crippen LogP contribution is -2.54. The second-order valence-electron chi connectivity index (χ2n) is 5.26. The summed E-state index contributed by atoms with van der Waals surface area (Å²) >= 11 is 0. The van der Waals surface area contributed by atoms with Crippen molar-refractivity contribution in [1.29, 1.82) is 0 Å². The summed E-state index contributed by atoms with van der Waals surface area (Å²) in [6.45, 7) is 10.8. The molecule has 16 heavy (non-hydrogen) atoms. The van der Waals surface area contributed by atoms with Gasteiger partial charge in [0.25, 0.3) is 0 Å². The zero-order valence-corrected chi connectivity index (χ0v) is 11.3. The zero-order chi connectivity index (χ0) is 12.0. The molecule has 1 saturated heterocycles. The lowest BCUT2D eigenvalue weighted by atomic mass is 10.0. The fourth-order valence-electron chi connectivity index (χ4n) is 2.29. The lowest BCUT2D eigenvalue weighted by Gasteiger charge is -2.38. The summed E-state index contributed by atoms with van der Waals surface area (Å²) in [5.74, 6) is 0.782. The molecule has 2 unspecified atom stereocenters. The molecule has 1 aliphatic heterocycles. The quantitative estimate of drug-likeness (QED) is 0.749. The van der Waals surface area contributed by atoms with E-state index in [-0.39, 0.29) is 0 Å². The first-order valence-corrected chi connectivity index (χ1v) is 6.66. The smallest absolute Gasteiger partial charge is 0.0636 e. The van der Waals surface area contributed by atoms with E-state index < -0.39 is 0 Å². The SMILES string of the molecule is CCNC1CCOCC1N(C)CCC(C)C. The molecule has 0 aliphatic carbocycles. The standard InChI is InChI=1S/C13H28N2O/c1-5-14-12-7-9-16-10-13(12)15(4)8-6-11(2)3/h11-14H,5-10H2,1-4H3. The van der Waals surface area contributed by atoms with Crippen molar-refractivity contribution in [2.45, 2.75) is 45.7 Å². The predicted octanol–water partition coefficient (Wildman–Crippen LogP) is 1.73. The Labute approximate surface area is 101 Å². The highest BCUT2D eigenvalue weighted by molar-refractivity contribution is 4.85. The Balaban J connectivity index is 2.40. The maximum absolute atomic E-state index is 5.60. The van der Waals surface area contributed by atoms with Crippen LogP contribution < -0.4 is 5.32 Å². The van der Waals surface area contributed by atoms with Gasteiger partial charge in [-0.05, 0) is 38.9 Å². The van der Waals surface area contributed by atoms with Crippen LogP contribution in [0.5, 0.6) is 0 Å². The van der Waals surface area contributed by atoms with E-state index in [1.807, 2.05) is 0 Å². The molecule has 1 rings (SSSR count). The summed E-state index contributed by atoms with van der Waals surface area (Å²) < 4.78 is 5.60. The van der Waals surface area contributed by atoms with Crippen LogP contribution in [0.25, 0.3) is 0 Å². The van der Waals surface area contributed by atoms with Gasteiger partial charge in [0.05, 0.1) is 6.61 Å². The number of ether oxygens (including phenoxy) is 1. The number of hydrogen-bond donors (Lipinski definition) is 1. The van der Waals surface area contributed by atoms with Crippen LogP contribution in [0.15, 0.2) is 0 Å². The van der Waals surface area contributed by atoms with Crippen LogP contribution in [-0.2, 0) is 4.74 Å². The van der Waals surface area contributed by atoms with E-state index in [1.54, 1.807) is 0 Å². The largest absolute Gasteiger partial charge is 0.380 e. The fraction of sp³-hybridized carbons (Fsp3) is 1.00. The number of hydrogen-bond acceptors (Lipinski definition) is 3. The fourth-order valence-corrected chi connectivity index (χ4v) is 2.29. The maximum atomic E-state index is 5.60. The van der Waals surface area contributed by atoms with Crippen molar-refractivity contribution in [2.75, 3.05) is 33.4 Å². The average molecular weight is 228 g/mol. The Kier molecular flexibility index (Phi) is 6.32. The van der Waals surface area contributed by atoms with E-state index in [0.29, 0.717) is 12.1 Å². The van der Waals surface area contributed by atoms with Crippen LogP contribution in [0.1, 0.15) is 33.6 Å². The van der Waals surface area contributed by atoms with Crippen molar-refractivity contribution < 1.29 is 4.74 Å². The monoisotopic (exact) mass is 228 g/mol. The minimum atomic E-state index is 0.549. The molecule has 3 heteroatoms. The first-order chi connectivity index (χ1) is 7.65. The molecule has 3 nitrogen and oxygen atoms in total. The van der Waals surface area contributed by atoms with Crippen LogP contribution in [0.4, 0.5) is 0 Å². The average Bonchev–Trinajstić information content (AvgIpc) is 2.27. The maximum Gasteiger partial charge on any atom is 0.0636 e. The van der Waals surface area contributed by atoms with Gasteiger partial charge in [0.1, 0.15) is 0 Å².